The van der Waals surface area contributed by atoms with Crippen molar-refractivity contribution in [2.45, 2.75) is 55.4 Å². The fraction of sp³-hybridized carbons (Fsp3) is 0.536. The number of thioether (sulfide) groups is 1. The summed E-state index contributed by atoms with van der Waals surface area (Å²) >= 11 is 1.57. The molecule has 10 nitrogen and oxygen atoms in total. The second kappa shape index (κ2) is 10.8. The van der Waals surface area contributed by atoms with Crippen molar-refractivity contribution in [3.63, 3.8) is 0 Å². The van der Waals surface area contributed by atoms with E-state index in [2.05, 4.69) is 23.5 Å². The standard InChI is InChI=1S/C28H35N5O5S/c1-5-13-31(16-32-19-10-8-7-9-18(19)29-30-32)26(36)24-28-12-11-21(39-28)22(27(37)38-14-6-2)23(28)25(35)33(24)20(15-34)17(3)4/h5-10,17,20-24,34H,1-2,11-16H2,3-4H3/t20-,21+,22-,23-,24?,28?/m0/s1. The highest BCUT2D eigenvalue weighted by atomic mass is 32.2. The highest BCUT2D eigenvalue weighted by Crippen LogP contribution is 2.67. The molecule has 2 unspecified atom stereocenters. The number of para-hydroxylation sites is 1. The number of carbonyl (C=O) groups excluding carboxylic acids is 3. The summed E-state index contributed by atoms with van der Waals surface area (Å²) in [6, 6.07) is 6.08. The maximum Gasteiger partial charge on any atom is 0.311 e. The largest absolute Gasteiger partial charge is 0.461 e. The van der Waals surface area contributed by atoms with Gasteiger partial charge in [0.2, 0.25) is 11.8 Å². The van der Waals surface area contributed by atoms with Gasteiger partial charge in [0.15, 0.2) is 0 Å². The van der Waals surface area contributed by atoms with Crippen molar-refractivity contribution in [1.82, 2.24) is 24.8 Å². The fourth-order valence-corrected chi connectivity index (χ4v) is 8.77. The Morgan fingerprint density at radius 1 is 1.31 bits per heavy atom. The molecule has 2 aromatic rings. The molecule has 0 saturated carbocycles. The lowest BCUT2D eigenvalue weighted by Gasteiger charge is -2.40. The number of aliphatic hydroxyl groups excluding tert-OH is 1. The molecule has 1 N–H and O–H groups in total. The zero-order valence-corrected chi connectivity index (χ0v) is 23.1. The van der Waals surface area contributed by atoms with Crippen molar-refractivity contribution >= 4 is 40.6 Å². The number of ether oxygens (including phenoxy) is 1. The number of aromatic nitrogens is 3. The first-order valence-corrected chi connectivity index (χ1v) is 14.2. The Morgan fingerprint density at radius 2 is 2.08 bits per heavy atom. The number of hydrogen-bond acceptors (Lipinski definition) is 8. The number of likely N-dealkylation sites (tertiary alicyclic amines) is 1. The molecule has 0 radical (unpaired) electrons. The molecule has 5 rings (SSSR count). The lowest BCUT2D eigenvalue weighted by molar-refractivity contribution is -0.154. The molecule has 4 heterocycles. The highest BCUT2D eigenvalue weighted by molar-refractivity contribution is 8.02. The van der Waals surface area contributed by atoms with Crippen LogP contribution in [0.25, 0.3) is 11.0 Å². The summed E-state index contributed by atoms with van der Waals surface area (Å²) in [6.45, 7) is 11.5. The molecule has 3 aliphatic heterocycles. The number of aliphatic hydroxyl groups is 1. The fourth-order valence-electron chi connectivity index (χ4n) is 6.58. The first kappa shape index (κ1) is 27.4. The molecule has 1 aromatic heterocycles. The zero-order valence-electron chi connectivity index (χ0n) is 22.3. The van der Waals surface area contributed by atoms with Crippen molar-refractivity contribution < 1.29 is 24.2 Å². The van der Waals surface area contributed by atoms with Crippen LogP contribution in [0, 0.1) is 17.8 Å². The number of fused-ring (bicyclic) bond motifs is 2. The van der Waals surface area contributed by atoms with Gasteiger partial charge in [0.1, 0.15) is 24.8 Å². The molecule has 1 spiro atoms. The number of nitrogens with zero attached hydrogens (tertiary/aromatic N) is 5. The Labute approximate surface area is 232 Å². The summed E-state index contributed by atoms with van der Waals surface area (Å²) in [4.78, 5) is 45.2. The molecule has 2 amide bonds. The van der Waals surface area contributed by atoms with Crippen LogP contribution in [-0.4, -0.2) is 89.5 Å². The van der Waals surface area contributed by atoms with Gasteiger partial charge in [-0.1, -0.05) is 49.9 Å². The first-order chi connectivity index (χ1) is 18.8. The third kappa shape index (κ3) is 4.35. The lowest BCUT2D eigenvalue weighted by Crippen LogP contribution is -2.58. The van der Waals surface area contributed by atoms with Crippen molar-refractivity contribution in [3.05, 3.63) is 49.6 Å². The van der Waals surface area contributed by atoms with Crippen molar-refractivity contribution in [3.8, 4) is 0 Å². The molecule has 0 aliphatic carbocycles. The molecule has 208 valence electrons. The van der Waals surface area contributed by atoms with E-state index in [-0.39, 0.29) is 49.4 Å². The number of amides is 2. The molecule has 39 heavy (non-hydrogen) atoms. The topological polar surface area (TPSA) is 118 Å². The van der Waals surface area contributed by atoms with Crippen molar-refractivity contribution in [2.75, 3.05) is 19.8 Å². The van der Waals surface area contributed by atoms with Gasteiger partial charge >= 0.3 is 5.97 Å². The summed E-state index contributed by atoms with van der Waals surface area (Å²) in [5, 5.41) is 18.8. The summed E-state index contributed by atoms with van der Waals surface area (Å²) in [5.74, 6) is -2.39. The lowest BCUT2D eigenvalue weighted by atomic mass is 9.71. The minimum Gasteiger partial charge on any atom is -0.461 e. The minimum absolute atomic E-state index is 0.0664. The maximum atomic E-state index is 14.6. The van der Waals surface area contributed by atoms with Gasteiger partial charge in [-0.15, -0.1) is 23.4 Å². The number of benzene rings is 1. The SMILES string of the molecule is C=CCOC(=O)[C@@H]1[C@H]2C(=O)N([C@@H](CO)C(C)C)C(C(=O)N(CC=C)Cn3nnc4ccccc43)C23CC[C@H]1S3. The Kier molecular flexibility index (Phi) is 7.56. The Morgan fingerprint density at radius 3 is 2.77 bits per heavy atom. The molecule has 6 atom stereocenters. The summed E-state index contributed by atoms with van der Waals surface area (Å²) in [7, 11) is 0. The molecule has 11 heteroatoms. The molecular weight excluding hydrogens is 518 g/mol. The van der Waals surface area contributed by atoms with E-state index in [1.165, 1.54) is 6.08 Å². The van der Waals surface area contributed by atoms with Crippen LogP contribution >= 0.6 is 11.8 Å². The van der Waals surface area contributed by atoms with E-state index < -0.39 is 34.6 Å². The van der Waals surface area contributed by atoms with Gasteiger partial charge in [0.25, 0.3) is 0 Å². The normalized spacial score (nSPS) is 28.1. The van der Waals surface area contributed by atoms with Crippen LogP contribution < -0.4 is 0 Å². The third-order valence-corrected chi connectivity index (χ3v) is 10.2. The number of carbonyl (C=O) groups is 3. The summed E-state index contributed by atoms with van der Waals surface area (Å²) < 4.78 is 6.30. The van der Waals surface area contributed by atoms with Crippen LogP contribution in [0.3, 0.4) is 0 Å². The van der Waals surface area contributed by atoms with E-state index in [4.69, 9.17) is 4.74 Å². The van der Waals surface area contributed by atoms with E-state index in [0.29, 0.717) is 18.4 Å². The van der Waals surface area contributed by atoms with Crippen LogP contribution in [0.4, 0.5) is 0 Å². The Hall–Kier alpha value is -3.18. The Balaban J connectivity index is 1.55. The van der Waals surface area contributed by atoms with Gasteiger partial charge < -0.3 is 19.6 Å². The van der Waals surface area contributed by atoms with E-state index in [1.54, 1.807) is 32.3 Å². The zero-order chi connectivity index (χ0) is 27.9. The predicted molar refractivity (Wildman–Crippen MR) is 147 cm³/mol. The molecule has 3 saturated heterocycles. The number of rotatable bonds is 11. The van der Waals surface area contributed by atoms with Crippen LogP contribution in [0.5, 0.6) is 0 Å². The molecule has 3 fully saturated rings. The number of hydrogen-bond donors (Lipinski definition) is 1. The summed E-state index contributed by atoms with van der Waals surface area (Å²) in [5.41, 5.74) is 1.50. The van der Waals surface area contributed by atoms with E-state index >= 15 is 0 Å². The van der Waals surface area contributed by atoms with Crippen molar-refractivity contribution in [2.24, 2.45) is 17.8 Å². The van der Waals surface area contributed by atoms with Gasteiger partial charge in [-0.25, -0.2) is 4.68 Å². The monoisotopic (exact) mass is 553 g/mol. The molecule has 2 bridgehead atoms. The van der Waals surface area contributed by atoms with E-state index in [1.807, 2.05) is 38.1 Å². The second-order valence-corrected chi connectivity index (χ2v) is 12.4. The maximum absolute atomic E-state index is 14.6. The van der Waals surface area contributed by atoms with Gasteiger partial charge in [-0.3, -0.25) is 14.4 Å². The average Bonchev–Trinajstić information content (AvgIpc) is 3.67. The average molecular weight is 554 g/mol. The highest BCUT2D eigenvalue weighted by Gasteiger charge is 2.75. The molecular formula is C28H35N5O5S. The van der Waals surface area contributed by atoms with E-state index in [9.17, 15) is 19.5 Å². The second-order valence-electron chi connectivity index (χ2n) is 10.8. The van der Waals surface area contributed by atoms with Crippen molar-refractivity contribution in [1.29, 1.82) is 0 Å². The van der Waals surface area contributed by atoms with Gasteiger partial charge in [-0.05, 0) is 30.9 Å². The summed E-state index contributed by atoms with van der Waals surface area (Å²) in [6.07, 6.45) is 4.49. The Bertz CT molecular complexity index is 1300. The van der Waals surface area contributed by atoms with Crippen LogP contribution in [-0.2, 0) is 25.8 Å². The first-order valence-electron chi connectivity index (χ1n) is 13.3. The minimum atomic E-state index is -0.850. The predicted octanol–water partition coefficient (Wildman–Crippen LogP) is 2.24. The third-order valence-electron chi connectivity index (χ3n) is 8.29. The number of esters is 1. The van der Waals surface area contributed by atoms with Crippen LogP contribution in [0.15, 0.2) is 49.6 Å². The smallest absolute Gasteiger partial charge is 0.311 e. The van der Waals surface area contributed by atoms with Crippen LogP contribution in [0.1, 0.15) is 26.7 Å². The molecule has 3 aliphatic rings. The molecule has 1 aromatic carbocycles. The van der Waals surface area contributed by atoms with Gasteiger partial charge in [0, 0.05) is 11.8 Å². The quantitative estimate of drug-likeness (QED) is 0.333. The van der Waals surface area contributed by atoms with Gasteiger partial charge in [-0.2, -0.15) is 0 Å². The van der Waals surface area contributed by atoms with Gasteiger partial charge in [0.05, 0.1) is 34.7 Å². The van der Waals surface area contributed by atoms with Crippen LogP contribution in [0.2, 0.25) is 0 Å². The van der Waals surface area contributed by atoms with E-state index in [0.717, 1.165) is 5.52 Å².